The van der Waals surface area contributed by atoms with Gasteiger partial charge in [0.25, 0.3) is 0 Å². The summed E-state index contributed by atoms with van der Waals surface area (Å²) in [6.07, 6.45) is 6.20. The van der Waals surface area contributed by atoms with Crippen LogP contribution in [0.1, 0.15) is 12.0 Å². The van der Waals surface area contributed by atoms with Crippen molar-refractivity contribution in [2.45, 2.75) is 12.8 Å². The van der Waals surface area contributed by atoms with E-state index in [9.17, 15) is 13.2 Å². The van der Waals surface area contributed by atoms with Crippen molar-refractivity contribution < 1.29 is 13.2 Å². The Labute approximate surface area is 141 Å². The van der Waals surface area contributed by atoms with Crippen LogP contribution >= 0.6 is 0 Å². The topological polar surface area (TPSA) is 81.1 Å². The lowest BCUT2D eigenvalue weighted by molar-refractivity contribution is -0.121. The van der Waals surface area contributed by atoms with E-state index in [0.717, 1.165) is 11.3 Å². The van der Waals surface area contributed by atoms with Gasteiger partial charge >= 0.3 is 0 Å². The van der Waals surface area contributed by atoms with Crippen LogP contribution in [0.2, 0.25) is 0 Å². The van der Waals surface area contributed by atoms with Gasteiger partial charge < -0.3 is 5.32 Å². The first-order valence-electron chi connectivity index (χ1n) is 7.78. The van der Waals surface area contributed by atoms with Crippen molar-refractivity contribution in [1.82, 2.24) is 15.1 Å². The summed E-state index contributed by atoms with van der Waals surface area (Å²) in [5.74, 6) is -0.308. The fourth-order valence-corrected chi connectivity index (χ4v) is 4.03. The molecule has 2 aromatic rings. The molecule has 1 aliphatic heterocycles. The van der Waals surface area contributed by atoms with Gasteiger partial charge in [0.15, 0.2) is 9.84 Å². The van der Waals surface area contributed by atoms with E-state index >= 15 is 0 Å². The van der Waals surface area contributed by atoms with E-state index < -0.39 is 9.84 Å². The number of hydrogen-bond donors (Lipinski definition) is 1. The minimum Gasteiger partial charge on any atom is -0.356 e. The molecule has 6 nitrogen and oxygen atoms in total. The summed E-state index contributed by atoms with van der Waals surface area (Å²) in [4.78, 5) is 11.9. The van der Waals surface area contributed by atoms with Crippen molar-refractivity contribution >= 4 is 15.7 Å². The molecule has 0 radical (unpaired) electrons. The van der Waals surface area contributed by atoms with Gasteiger partial charge in [0.05, 0.1) is 17.6 Å². The number of sulfone groups is 1. The standard InChI is InChI=1S/C17H19N3O3S/c21-17(10-14-7-9-24(22,23)13-14)18-8-6-15-11-19-20(12-15)16-4-2-1-3-5-16/h1-5,7,9,11-12,14H,6,8,10,13H2,(H,18,21)/t14-/m0/s1. The van der Waals surface area contributed by atoms with E-state index in [-0.39, 0.29) is 24.0 Å². The smallest absolute Gasteiger partial charge is 0.220 e. The van der Waals surface area contributed by atoms with E-state index in [4.69, 9.17) is 0 Å². The lowest BCUT2D eigenvalue weighted by Gasteiger charge is -2.07. The van der Waals surface area contributed by atoms with Gasteiger partial charge in [0.2, 0.25) is 5.91 Å². The molecule has 1 aromatic carbocycles. The maximum absolute atomic E-state index is 11.9. The van der Waals surface area contributed by atoms with Crippen LogP contribution in [0.15, 0.2) is 54.2 Å². The number of aromatic nitrogens is 2. The SMILES string of the molecule is O=C(C[C@@H]1C=CS(=O)(=O)C1)NCCc1cnn(-c2ccccc2)c1. The highest BCUT2D eigenvalue weighted by Crippen LogP contribution is 2.17. The van der Waals surface area contributed by atoms with Crippen molar-refractivity contribution in [3.8, 4) is 5.69 Å². The molecule has 0 unspecified atom stereocenters. The van der Waals surface area contributed by atoms with Crippen molar-refractivity contribution in [2.75, 3.05) is 12.3 Å². The molecule has 0 spiro atoms. The number of para-hydroxylation sites is 1. The zero-order chi connectivity index (χ0) is 17.0. The summed E-state index contributed by atoms with van der Waals surface area (Å²) < 4.78 is 24.4. The molecule has 2 heterocycles. The first-order valence-corrected chi connectivity index (χ1v) is 9.50. The lowest BCUT2D eigenvalue weighted by Crippen LogP contribution is -2.27. The second kappa shape index (κ2) is 7.00. The molecular weight excluding hydrogens is 326 g/mol. The highest BCUT2D eigenvalue weighted by atomic mass is 32.2. The minimum absolute atomic E-state index is 0.0320. The van der Waals surface area contributed by atoms with Crippen LogP contribution < -0.4 is 5.32 Å². The Hall–Kier alpha value is -2.41. The number of rotatable bonds is 6. The molecule has 0 saturated carbocycles. The third-order valence-corrected chi connectivity index (χ3v) is 5.31. The van der Waals surface area contributed by atoms with Gasteiger partial charge in [-0.05, 0) is 24.1 Å². The normalized spacial score (nSPS) is 18.6. The molecule has 1 aliphatic rings. The fourth-order valence-electron chi connectivity index (χ4n) is 2.63. The Balaban J connectivity index is 1.44. The Kier molecular flexibility index (Phi) is 4.80. The third kappa shape index (κ3) is 4.32. The first-order chi connectivity index (χ1) is 11.5. The maximum atomic E-state index is 11.9. The Morgan fingerprint density at radius 3 is 2.79 bits per heavy atom. The Morgan fingerprint density at radius 2 is 2.08 bits per heavy atom. The lowest BCUT2D eigenvalue weighted by atomic mass is 10.1. The largest absolute Gasteiger partial charge is 0.356 e. The molecule has 126 valence electrons. The summed E-state index contributed by atoms with van der Waals surface area (Å²) in [5.41, 5.74) is 2.02. The Morgan fingerprint density at radius 1 is 1.29 bits per heavy atom. The van der Waals surface area contributed by atoms with Gasteiger partial charge in [-0.1, -0.05) is 24.3 Å². The number of nitrogens with zero attached hydrogens (tertiary/aromatic N) is 2. The van der Waals surface area contributed by atoms with Crippen molar-refractivity contribution in [3.63, 3.8) is 0 Å². The van der Waals surface area contributed by atoms with E-state index in [1.807, 2.05) is 36.5 Å². The van der Waals surface area contributed by atoms with Gasteiger partial charge in [0, 0.05) is 30.5 Å². The predicted molar refractivity (Wildman–Crippen MR) is 91.3 cm³/mol. The van der Waals surface area contributed by atoms with Crippen LogP contribution in [-0.4, -0.2) is 36.4 Å². The average Bonchev–Trinajstić information content (AvgIpc) is 3.15. The van der Waals surface area contributed by atoms with Crippen LogP contribution in [-0.2, 0) is 21.1 Å². The van der Waals surface area contributed by atoms with Crippen molar-refractivity contribution in [3.05, 3.63) is 59.8 Å². The van der Waals surface area contributed by atoms with E-state index in [1.54, 1.807) is 17.0 Å². The van der Waals surface area contributed by atoms with E-state index in [0.29, 0.717) is 13.0 Å². The first kappa shape index (κ1) is 16.4. The second-order valence-electron chi connectivity index (χ2n) is 5.85. The number of nitrogens with one attached hydrogen (secondary N) is 1. The highest BCUT2D eigenvalue weighted by molar-refractivity contribution is 7.94. The molecule has 24 heavy (non-hydrogen) atoms. The summed E-state index contributed by atoms with van der Waals surface area (Å²) >= 11 is 0. The molecule has 0 fully saturated rings. The van der Waals surface area contributed by atoms with Crippen LogP contribution in [0.5, 0.6) is 0 Å². The molecule has 0 aliphatic carbocycles. The molecule has 0 saturated heterocycles. The zero-order valence-corrected chi connectivity index (χ0v) is 13.9. The predicted octanol–water partition coefficient (Wildman–Crippen LogP) is 1.48. The number of hydrogen-bond acceptors (Lipinski definition) is 4. The van der Waals surface area contributed by atoms with Crippen molar-refractivity contribution in [2.24, 2.45) is 5.92 Å². The fraction of sp³-hybridized carbons (Fsp3) is 0.294. The van der Waals surface area contributed by atoms with Gasteiger partial charge in [-0.2, -0.15) is 5.10 Å². The molecule has 1 aromatic heterocycles. The molecule has 1 amide bonds. The molecule has 3 rings (SSSR count). The van der Waals surface area contributed by atoms with Gasteiger partial charge in [0.1, 0.15) is 0 Å². The molecule has 0 bridgehead atoms. The Bertz CT molecular complexity index is 841. The summed E-state index contributed by atoms with van der Waals surface area (Å²) in [6.45, 7) is 0.502. The van der Waals surface area contributed by atoms with Gasteiger partial charge in [-0.15, -0.1) is 0 Å². The highest BCUT2D eigenvalue weighted by Gasteiger charge is 2.23. The van der Waals surface area contributed by atoms with E-state index in [2.05, 4.69) is 10.4 Å². The number of carbonyl (C=O) groups excluding carboxylic acids is 1. The number of carbonyl (C=O) groups is 1. The molecule has 1 atom stereocenters. The number of amides is 1. The van der Waals surface area contributed by atoms with Crippen LogP contribution in [0.3, 0.4) is 0 Å². The molecule has 1 N–H and O–H groups in total. The maximum Gasteiger partial charge on any atom is 0.220 e. The summed E-state index contributed by atoms with van der Waals surface area (Å²) in [7, 11) is -3.10. The number of benzene rings is 1. The summed E-state index contributed by atoms with van der Waals surface area (Å²) in [5, 5.41) is 8.34. The van der Waals surface area contributed by atoms with Crippen LogP contribution in [0, 0.1) is 5.92 Å². The van der Waals surface area contributed by atoms with Crippen LogP contribution in [0.4, 0.5) is 0 Å². The van der Waals surface area contributed by atoms with Gasteiger partial charge in [-0.3, -0.25) is 4.79 Å². The number of allylic oxidation sites excluding steroid dienone is 1. The second-order valence-corrected chi connectivity index (χ2v) is 7.78. The monoisotopic (exact) mass is 345 g/mol. The van der Waals surface area contributed by atoms with Crippen molar-refractivity contribution in [1.29, 1.82) is 0 Å². The molecular formula is C17H19N3O3S. The van der Waals surface area contributed by atoms with Crippen LogP contribution in [0.25, 0.3) is 5.69 Å². The average molecular weight is 345 g/mol. The minimum atomic E-state index is -3.10. The molecule has 7 heteroatoms. The van der Waals surface area contributed by atoms with Gasteiger partial charge in [-0.25, -0.2) is 13.1 Å². The quantitative estimate of drug-likeness (QED) is 0.860. The summed E-state index contributed by atoms with van der Waals surface area (Å²) in [6, 6.07) is 9.81. The third-order valence-electron chi connectivity index (χ3n) is 3.84. The zero-order valence-electron chi connectivity index (χ0n) is 13.1. The van der Waals surface area contributed by atoms with E-state index in [1.165, 1.54) is 5.41 Å².